The molecule has 0 fully saturated rings. The van der Waals surface area contributed by atoms with Crippen molar-refractivity contribution in [2.24, 2.45) is 0 Å². The van der Waals surface area contributed by atoms with Crippen molar-refractivity contribution in [2.75, 3.05) is 10.6 Å². The van der Waals surface area contributed by atoms with Crippen molar-refractivity contribution in [1.82, 2.24) is 4.98 Å². The van der Waals surface area contributed by atoms with Gasteiger partial charge in [-0.25, -0.2) is 13.8 Å². The van der Waals surface area contributed by atoms with Crippen LogP contribution in [-0.2, 0) is 16.0 Å². The van der Waals surface area contributed by atoms with E-state index >= 15 is 0 Å². The van der Waals surface area contributed by atoms with Gasteiger partial charge in [0.05, 0.1) is 12.1 Å². The van der Waals surface area contributed by atoms with Gasteiger partial charge in [0.1, 0.15) is 11.6 Å². The molecular formula is C15H13F2N3O2. The van der Waals surface area contributed by atoms with E-state index in [4.69, 9.17) is 0 Å². The van der Waals surface area contributed by atoms with E-state index in [0.717, 1.165) is 12.1 Å². The molecule has 0 radical (unpaired) electrons. The molecule has 22 heavy (non-hydrogen) atoms. The highest BCUT2D eigenvalue weighted by atomic mass is 19.1. The minimum atomic E-state index is -0.793. The molecule has 1 aromatic carbocycles. The van der Waals surface area contributed by atoms with Crippen LogP contribution in [0.5, 0.6) is 0 Å². The Kier molecular flexibility index (Phi) is 4.77. The molecular weight excluding hydrogens is 292 g/mol. The predicted octanol–water partition coefficient (Wildman–Crippen LogP) is 2.50. The normalized spacial score (nSPS) is 10.1. The average Bonchev–Trinajstić information content (AvgIpc) is 2.45. The van der Waals surface area contributed by atoms with Gasteiger partial charge in [0.15, 0.2) is 5.82 Å². The maximum atomic E-state index is 13.5. The summed E-state index contributed by atoms with van der Waals surface area (Å²) in [7, 11) is 0. The second kappa shape index (κ2) is 6.75. The van der Waals surface area contributed by atoms with Crippen molar-refractivity contribution in [3.63, 3.8) is 0 Å². The first-order valence-corrected chi connectivity index (χ1v) is 6.42. The molecule has 2 rings (SSSR count). The molecule has 2 N–H and O–H groups in total. The zero-order valence-corrected chi connectivity index (χ0v) is 11.7. The summed E-state index contributed by atoms with van der Waals surface area (Å²) >= 11 is 0. The number of nitrogens with zero attached hydrogens (tertiary/aromatic N) is 1. The third-order valence-electron chi connectivity index (χ3n) is 2.78. The lowest BCUT2D eigenvalue weighted by Gasteiger charge is -2.10. The number of benzene rings is 1. The van der Waals surface area contributed by atoms with Gasteiger partial charge in [0, 0.05) is 18.7 Å². The maximum absolute atomic E-state index is 13.5. The first kappa shape index (κ1) is 15.6. The van der Waals surface area contributed by atoms with Gasteiger partial charge in [-0.2, -0.15) is 0 Å². The lowest BCUT2D eigenvalue weighted by Crippen LogP contribution is -2.19. The molecule has 0 saturated heterocycles. The van der Waals surface area contributed by atoms with Crippen LogP contribution >= 0.6 is 0 Å². The number of hydrogen-bond donors (Lipinski definition) is 2. The Morgan fingerprint density at radius 2 is 1.77 bits per heavy atom. The van der Waals surface area contributed by atoms with E-state index in [1.54, 1.807) is 12.1 Å². The number of carbonyl (C=O) groups excluding carboxylic acids is 2. The average molecular weight is 305 g/mol. The molecule has 1 aromatic heterocycles. The highest BCUT2D eigenvalue weighted by Crippen LogP contribution is 2.19. The molecule has 0 atom stereocenters. The summed E-state index contributed by atoms with van der Waals surface area (Å²) in [5.74, 6) is -2.45. The molecule has 0 saturated carbocycles. The molecule has 5 nitrogen and oxygen atoms in total. The molecule has 2 amide bonds. The summed E-state index contributed by atoms with van der Waals surface area (Å²) in [6.07, 6.45) is 0.944. The van der Waals surface area contributed by atoms with E-state index < -0.39 is 24.0 Å². The van der Waals surface area contributed by atoms with E-state index in [-0.39, 0.29) is 17.3 Å². The number of carbonyl (C=O) groups is 2. The summed E-state index contributed by atoms with van der Waals surface area (Å²) in [4.78, 5) is 26.9. The van der Waals surface area contributed by atoms with E-state index in [1.807, 2.05) is 0 Å². The molecule has 0 spiro atoms. The molecule has 1 heterocycles. The van der Waals surface area contributed by atoms with Gasteiger partial charge in [-0.1, -0.05) is 6.07 Å². The van der Waals surface area contributed by atoms with Crippen LogP contribution < -0.4 is 10.6 Å². The summed E-state index contributed by atoms with van der Waals surface area (Å²) in [5, 5.41) is 4.92. The van der Waals surface area contributed by atoms with E-state index in [9.17, 15) is 18.4 Å². The number of amides is 2. The van der Waals surface area contributed by atoms with Crippen molar-refractivity contribution >= 4 is 23.3 Å². The fraction of sp³-hybridized carbons (Fsp3) is 0.133. The van der Waals surface area contributed by atoms with Crippen molar-refractivity contribution in [3.8, 4) is 0 Å². The second-order valence-electron chi connectivity index (χ2n) is 4.51. The minimum Gasteiger partial charge on any atom is -0.323 e. The van der Waals surface area contributed by atoms with Gasteiger partial charge in [0.25, 0.3) is 0 Å². The van der Waals surface area contributed by atoms with E-state index in [1.165, 1.54) is 19.2 Å². The Hall–Kier alpha value is -2.83. The largest absolute Gasteiger partial charge is 0.323 e. The number of halogens is 2. The van der Waals surface area contributed by atoms with Crippen LogP contribution in [0.25, 0.3) is 0 Å². The predicted molar refractivity (Wildman–Crippen MR) is 77.2 cm³/mol. The van der Waals surface area contributed by atoms with E-state index in [0.29, 0.717) is 5.69 Å². The zero-order valence-electron chi connectivity index (χ0n) is 11.7. The van der Waals surface area contributed by atoms with Crippen molar-refractivity contribution in [1.29, 1.82) is 0 Å². The SMILES string of the molecule is CC(=O)Nc1cccnc1NC(=O)Cc1c(F)cccc1F. The van der Waals surface area contributed by atoms with Crippen LogP contribution in [0.1, 0.15) is 12.5 Å². The fourth-order valence-electron chi connectivity index (χ4n) is 1.83. The monoisotopic (exact) mass is 305 g/mol. The van der Waals surface area contributed by atoms with Gasteiger partial charge >= 0.3 is 0 Å². The van der Waals surface area contributed by atoms with Gasteiger partial charge in [-0.3, -0.25) is 9.59 Å². The van der Waals surface area contributed by atoms with Crippen LogP contribution in [0, 0.1) is 11.6 Å². The Labute approximate surface area is 125 Å². The highest BCUT2D eigenvalue weighted by molar-refractivity contribution is 5.98. The number of pyridine rings is 1. The molecule has 0 aliphatic heterocycles. The molecule has 2 aromatic rings. The van der Waals surface area contributed by atoms with Gasteiger partial charge in [0.2, 0.25) is 11.8 Å². The summed E-state index contributed by atoms with van der Waals surface area (Å²) < 4.78 is 27.0. The Bertz CT molecular complexity index is 699. The Morgan fingerprint density at radius 3 is 2.41 bits per heavy atom. The van der Waals surface area contributed by atoms with Crippen LogP contribution in [-0.4, -0.2) is 16.8 Å². The third-order valence-corrected chi connectivity index (χ3v) is 2.78. The second-order valence-corrected chi connectivity index (χ2v) is 4.51. The van der Waals surface area contributed by atoms with Gasteiger partial charge in [-0.15, -0.1) is 0 Å². The third kappa shape index (κ3) is 3.85. The molecule has 0 aliphatic rings. The Morgan fingerprint density at radius 1 is 1.09 bits per heavy atom. The minimum absolute atomic E-state index is 0.111. The van der Waals surface area contributed by atoms with Crippen LogP contribution in [0.2, 0.25) is 0 Å². The number of aromatic nitrogens is 1. The Balaban J connectivity index is 2.14. The smallest absolute Gasteiger partial charge is 0.230 e. The summed E-state index contributed by atoms with van der Waals surface area (Å²) in [6, 6.07) is 6.51. The van der Waals surface area contributed by atoms with Crippen LogP contribution in [0.15, 0.2) is 36.5 Å². The fourth-order valence-corrected chi connectivity index (χ4v) is 1.83. The van der Waals surface area contributed by atoms with Crippen LogP contribution in [0.3, 0.4) is 0 Å². The first-order chi connectivity index (χ1) is 10.5. The number of nitrogens with one attached hydrogen (secondary N) is 2. The van der Waals surface area contributed by atoms with E-state index in [2.05, 4.69) is 15.6 Å². The quantitative estimate of drug-likeness (QED) is 0.911. The molecule has 0 aliphatic carbocycles. The molecule has 114 valence electrons. The lowest BCUT2D eigenvalue weighted by atomic mass is 10.1. The molecule has 0 bridgehead atoms. The topological polar surface area (TPSA) is 71.1 Å². The van der Waals surface area contributed by atoms with Gasteiger partial charge in [-0.05, 0) is 24.3 Å². The van der Waals surface area contributed by atoms with Crippen molar-refractivity contribution < 1.29 is 18.4 Å². The van der Waals surface area contributed by atoms with Crippen LogP contribution in [0.4, 0.5) is 20.3 Å². The van der Waals surface area contributed by atoms with Crippen molar-refractivity contribution in [3.05, 3.63) is 53.7 Å². The molecule has 0 unspecified atom stereocenters. The van der Waals surface area contributed by atoms with Gasteiger partial charge < -0.3 is 10.6 Å². The summed E-state index contributed by atoms with van der Waals surface area (Å²) in [6.45, 7) is 1.31. The number of rotatable bonds is 4. The zero-order chi connectivity index (χ0) is 16.1. The van der Waals surface area contributed by atoms with Crippen molar-refractivity contribution in [2.45, 2.75) is 13.3 Å². The number of hydrogen-bond acceptors (Lipinski definition) is 3. The lowest BCUT2D eigenvalue weighted by molar-refractivity contribution is -0.116. The first-order valence-electron chi connectivity index (χ1n) is 6.42. The molecule has 7 heteroatoms. The highest BCUT2D eigenvalue weighted by Gasteiger charge is 2.15. The standard InChI is InChI=1S/C15H13F2N3O2/c1-9(21)19-13-6-3-7-18-15(13)20-14(22)8-10-11(16)4-2-5-12(10)17/h2-7H,8H2,1H3,(H,19,21)(H,18,20,22). The number of anilines is 2. The summed E-state index contributed by atoms with van der Waals surface area (Å²) in [5.41, 5.74) is -0.0191. The maximum Gasteiger partial charge on any atom is 0.230 e.